The first kappa shape index (κ1) is 13.2. The summed E-state index contributed by atoms with van der Waals surface area (Å²) >= 11 is 0. The second kappa shape index (κ2) is 5.66. The van der Waals surface area contributed by atoms with Crippen LogP contribution in [0.3, 0.4) is 0 Å². The van der Waals surface area contributed by atoms with Crippen molar-refractivity contribution in [3.05, 3.63) is 29.7 Å². The molecule has 0 aliphatic carbocycles. The van der Waals surface area contributed by atoms with E-state index in [1.165, 1.54) is 11.1 Å². The number of rotatable bonds is 5. The molecular formula is C14H21N5O. The summed E-state index contributed by atoms with van der Waals surface area (Å²) < 4.78 is 4.01. The molecule has 6 nitrogen and oxygen atoms in total. The average Bonchev–Trinajstić information content (AvgIpc) is 3.11. The monoisotopic (exact) mass is 275 g/mol. The Morgan fingerprint density at radius 3 is 3.05 bits per heavy atom. The van der Waals surface area contributed by atoms with Gasteiger partial charge >= 0.3 is 0 Å². The van der Waals surface area contributed by atoms with Crippen molar-refractivity contribution in [2.75, 3.05) is 18.5 Å². The number of hydrogen-bond donors (Lipinski definition) is 2. The SMILES string of the molecule is CCn1cc(C2CCNc3c(CCCO)cnn32)cn1. The molecule has 20 heavy (non-hydrogen) atoms. The van der Waals surface area contributed by atoms with E-state index in [2.05, 4.69) is 33.3 Å². The highest BCUT2D eigenvalue weighted by molar-refractivity contribution is 5.47. The van der Waals surface area contributed by atoms with E-state index in [1.807, 2.05) is 17.1 Å². The molecule has 0 aromatic carbocycles. The number of anilines is 1. The number of nitrogens with zero attached hydrogens (tertiary/aromatic N) is 4. The maximum Gasteiger partial charge on any atom is 0.128 e. The summed E-state index contributed by atoms with van der Waals surface area (Å²) in [5.74, 6) is 1.10. The van der Waals surface area contributed by atoms with Crippen molar-refractivity contribution in [1.29, 1.82) is 0 Å². The molecule has 0 radical (unpaired) electrons. The fraction of sp³-hybridized carbons (Fsp3) is 0.571. The largest absolute Gasteiger partial charge is 0.396 e. The Labute approximate surface area is 118 Å². The number of nitrogens with one attached hydrogen (secondary N) is 1. The van der Waals surface area contributed by atoms with Crippen LogP contribution >= 0.6 is 0 Å². The smallest absolute Gasteiger partial charge is 0.128 e. The molecule has 0 fully saturated rings. The Hall–Kier alpha value is -1.82. The molecule has 0 spiro atoms. The lowest BCUT2D eigenvalue weighted by atomic mass is 10.1. The fourth-order valence-electron chi connectivity index (χ4n) is 2.76. The lowest BCUT2D eigenvalue weighted by Gasteiger charge is -2.25. The van der Waals surface area contributed by atoms with Crippen LogP contribution in [0.25, 0.3) is 0 Å². The standard InChI is InChI=1S/C14H21N5O/c1-2-18-10-12(9-16-18)13-5-6-15-14-11(4-3-7-20)8-17-19(13)14/h8-10,13,15,20H,2-7H2,1H3. The summed E-state index contributed by atoms with van der Waals surface area (Å²) in [5.41, 5.74) is 2.40. The molecule has 1 aliphatic rings. The van der Waals surface area contributed by atoms with E-state index in [-0.39, 0.29) is 12.6 Å². The predicted octanol–water partition coefficient (Wildman–Crippen LogP) is 1.43. The summed E-state index contributed by atoms with van der Waals surface area (Å²) in [6.45, 7) is 4.14. The first-order valence-corrected chi connectivity index (χ1v) is 7.27. The normalized spacial score (nSPS) is 17.8. The van der Waals surface area contributed by atoms with Crippen LogP contribution in [0.2, 0.25) is 0 Å². The number of hydrogen-bond acceptors (Lipinski definition) is 4. The average molecular weight is 275 g/mol. The Balaban J connectivity index is 1.88. The Morgan fingerprint density at radius 2 is 2.30 bits per heavy atom. The molecule has 1 atom stereocenters. The van der Waals surface area contributed by atoms with Gasteiger partial charge in [0, 0.05) is 37.0 Å². The van der Waals surface area contributed by atoms with Crippen molar-refractivity contribution in [1.82, 2.24) is 19.6 Å². The van der Waals surface area contributed by atoms with Gasteiger partial charge < -0.3 is 10.4 Å². The minimum absolute atomic E-state index is 0.220. The minimum atomic E-state index is 0.220. The Bertz CT molecular complexity index is 574. The van der Waals surface area contributed by atoms with Crippen molar-refractivity contribution in [2.45, 2.75) is 38.8 Å². The van der Waals surface area contributed by atoms with Crippen molar-refractivity contribution >= 4 is 5.82 Å². The third kappa shape index (κ3) is 2.31. The second-order valence-electron chi connectivity index (χ2n) is 5.15. The van der Waals surface area contributed by atoms with Gasteiger partial charge in [-0.15, -0.1) is 0 Å². The van der Waals surface area contributed by atoms with Crippen LogP contribution in [-0.2, 0) is 13.0 Å². The number of aliphatic hydroxyl groups is 1. The molecular weight excluding hydrogens is 254 g/mol. The van der Waals surface area contributed by atoms with E-state index in [1.54, 1.807) is 0 Å². The van der Waals surface area contributed by atoms with E-state index < -0.39 is 0 Å². The van der Waals surface area contributed by atoms with E-state index >= 15 is 0 Å². The van der Waals surface area contributed by atoms with Gasteiger partial charge in [0.15, 0.2) is 0 Å². The summed E-state index contributed by atoms with van der Waals surface area (Å²) in [4.78, 5) is 0. The molecule has 3 rings (SSSR count). The molecule has 0 bridgehead atoms. The molecule has 1 aliphatic heterocycles. The molecule has 0 amide bonds. The molecule has 3 heterocycles. The molecule has 2 aromatic rings. The first-order chi connectivity index (χ1) is 9.83. The van der Waals surface area contributed by atoms with Gasteiger partial charge in [0.1, 0.15) is 5.82 Å². The molecule has 0 saturated carbocycles. The van der Waals surface area contributed by atoms with Gasteiger partial charge in [0.2, 0.25) is 0 Å². The van der Waals surface area contributed by atoms with E-state index in [0.717, 1.165) is 38.2 Å². The van der Waals surface area contributed by atoms with Crippen molar-refractivity contribution < 1.29 is 5.11 Å². The van der Waals surface area contributed by atoms with Crippen LogP contribution in [0.4, 0.5) is 5.82 Å². The summed E-state index contributed by atoms with van der Waals surface area (Å²) in [6, 6.07) is 0.259. The van der Waals surface area contributed by atoms with Gasteiger partial charge in [-0.25, -0.2) is 4.68 Å². The Kier molecular flexibility index (Phi) is 3.73. The van der Waals surface area contributed by atoms with E-state index in [0.29, 0.717) is 0 Å². The van der Waals surface area contributed by atoms with Gasteiger partial charge in [0.25, 0.3) is 0 Å². The minimum Gasteiger partial charge on any atom is -0.396 e. The highest BCUT2D eigenvalue weighted by atomic mass is 16.2. The van der Waals surface area contributed by atoms with Gasteiger partial charge in [-0.1, -0.05) is 0 Å². The van der Waals surface area contributed by atoms with Crippen LogP contribution in [0, 0.1) is 0 Å². The third-order valence-corrected chi connectivity index (χ3v) is 3.84. The first-order valence-electron chi connectivity index (χ1n) is 7.27. The lowest BCUT2D eigenvalue weighted by molar-refractivity contribution is 0.288. The zero-order chi connectivity index (χ0) is 13.9. The van der Waals surface area contributed by atoms with Crippen LogP contribution < -0.4 is 5.32 Å². The number of fused-ring (bicyclic) bond motifs is 1. The maximum absolute atomic E-state index is 8.97. The zero-order valence-corrected chi connectivity index (χ0v) is 11.8. The number of aryl methyl sites for hydroxylation is 2. The van der Waals surface area contributed by atoms with Crippen LogP contribution in [0.15, 0.2) is 18.6 Å². The molecule has 1 unspecified atom stereocenters. The highest BCUT2D eigenvalue weighted by Gasteiger charge is 2.25. The molecule has 2 N–H and O–H groups in total. The van der Waals surface area contributed by atoms with Crippen molar-refractivity contribution in [3.63, 3.8) is 0 Å². The summed E-state index contributed by atoms with van der Waals surface area (Å²) in [5, 5.41) is 21.3. The highest BCUT2D eigenvalue weighted by Crippen LogP contribution is 2.31. The predicted molar refractivity (Wildman–Crippen MR) is 76.8 cm³/mol. The van der Waals surface area contributed by atoms with Gasteiger partial charge in [0.05, 0.1) is 18.4 Å². The van der Waals surface area contributed by atoms with Crippen molar-refractivity contribution in [2.24, 2.45) is 0 Å². The lowest BCUT2D eigenvalue weighted by Crippen LogP contribution is -2.24. The summed E-state index contributed by atoms with van der Waals surface area (Å²) in [7, 11) is 0. The maximum atomic E-state index is 8.97. The summed E-state index contributed by atoms with van der Waals surface area (Å²) in [6.07, 6.45) is 8.62. The molecule has 0 saturated heterocycles. The van der Waals surface area contributed by atoms with Crippen molar-refractivity contribution in [3.8, 4) is 0 Å². The fourth-order valence-corrected chi connectivity index (χ4v) is 2.76. The van der Waals surface area contributed by atoms with E-state index in [9.17, 15) is 0 Å². The van der Waals surface area contributed by atoms with Gasteiger partial charge in [-0.2, -0.15) is 10.2 Å². The zero-order valence-electron chi connectivity index (χ0n) is 11.8. The third-order valence-electron chi connectivity index (χ3n) is 3.84. The molecule has 6 heteroatoms. The molecule has 2 aromatic heterocycles. The van der Waals surface area contributed by atoms with Gasteiger partial charge in [-0.05, 0) is 26.2 Å². The van der Waals surface area contributed by atoms with E-state index in [4.69, 9.17) is 5.11 Å². The second-order valence-corrected chi connectivity index (χ2v) is 5.15. The van der Waals surface area contributed by atoms with Gasteiger partial charge in [-0.3, -0.25) is 4.68 Å². The van der Waals surface area contributed by atoms with Crippen LogP contribution in [-0.4, -0.2) is 37.8 Å². The van der Waals surface area contributed by atoms with Crippen LogP contribution in [0.1, 0.15) is 36.9 Å². The topological polar surface area (TPSA) is 67.9 Å². The van der Waals surface area contributed by atoms with Crippen LogP contribution in [0.5, 0.6) is 0 Å². The molecule has 108 valence electrons. The quantitative estimate of drug-likeness (QED) is 0.866. The number of aromatic nitrogens is 4. The Morgan fingerprint density at radius 1 is 1.40 bits per heavy atom. The number of aliphatic hydroxyl groups excluding tert-OH is 1.